The maximum absolute atomic E-state index is 12.5. The fourth-order valence-electron chi connectivity index (χ4n) is 3.71. The highest BCUT2D eigenvalue weighted by molar-refractivity contribution is 5.95. The van der Waals surface area contributed by atoms with Gasteiger partial charge in [0.15, 0.2) is 0 Å². The first-order valence-corrected chi connectivity index (χ1v) is 10.7. The Morgan fingerprint density at radius 2 is 1.84 bits per heavy atom. The van der Waals surface area contributed by atoms with Crippen molar-refractivity contribution in [2.75, 3.05) is 18.4 Å². The number of nitrogens with zero attached hydrogens (tertiary/aromatic N) is 3. The molecule has 1 N–H and O–H groups in total. The molecule has 0 aliphatic heterocycles. The van der Waals surface area contributed by atoms with Crippen LogP contribution in [0.3, 0.4) is 0 Å². The van der Waals surface area contributed by atoms with Crippen molar-refractivity contribution in [2.24, 2.45) is 0 Å². The van der Waals surface area contributed by atoms with Gasteiger partial charge in [-0.3, -0.25) is 9.59 Å². The largest absolute Gasteiger partial charge is 0.444 e. The van der Waals surface area contributed by atoms with E-state index in [0.717, 1.165) is 16.5 Å². The molecule has 2 amide bonds. The number of hydrogen-bond acceptors (Lipinski definition) is 4. The Hall–Kier alpha value is -3.87. The highest BCUT2D eigenvalue weighted by atomic mass is 16.3. The van der Waals surface area contributed by atoms with Gasteiger partial charge in [-0.1, -0.05) is 18.2 Å². The second kappa shape index (κ2) is 9.51. The molecule has 2 aromatic carbocycles. The standard InChI is InChI=1S/C25H26N4O3/c1-3-28(4-2)24(31)16-29-13-12-19-14-20(10-11-22(19)29)26-23(30)15-21-17-32-25(27-21)18-8-6-5-7-9-18/h5-14,17H,3-4,15-16H2,1-2H3,(H,26,30). The van der Waals surface area contributed by atoms with Crippen LogP contribution in [0.25, 0.3) is 22.4 Å². The first-order valence-electron chi connectivity index (χ1n) is 10.7. The second-order valence-electron chi connectivity index (χ2n) is 7.52. The number of aromatic nitrogens is 2. The summed E-state index contributed by atoms with van der Waals surface area (Å²) >= 11 is 0. The van der Waals surface area contributed by atoms with Gasteiger partial charge in [-0.15, -0.1) is 0 Å². The van der Waals surface area contributed by atoms with Gasteiger partial charge in [0.25, 0.3) is 0 Å². The van der Waals surface area contributed by atoms with Crippen LogP contribution in [-0.2, 0) is 22.6 Å². The van der Waals surface area contributed by atoms with Gasteiger partial charge in [0.1, 0.15) is 12.8 Å². The molecule has 0 spiro atoms. The average Bonchev–Trinajstić information content (AvgIpc) is 3.42. The number of amides is 2. The number of anilines is 1. The molecule has 0 aliphatic carbocycles. The molecule has 0 bridgehead atoms. The Kier molecular flexibility index (Phi) is 6.35. The molecule has 4 aromatic rings. The maximum atomic E-state index is 12.5. The number of rotatable bonds is 8. The van der Waals surface area contributed by atoms with E-state index in [2.05, 4.69) is 10.3 Å². The Labute approximate surface area is 186 Å². The fourth-order valence-corrected chi connectivity index (χ4v) is 3.71. The zero-order chi connectivity index (χ0) is 22.5. The zero-order valence-corrected chi connectivity index (χ0v) is 18.2. The molecule has 0 radical (unpaired) electrons. The number of oxazole rings is 1. The first kappa shape index (κ1) is 21.4. The van der Waals surface area contributed by atoms with Gasteiger partial charge in [0, 0.05) is 41.4 Å². The van der Waals surface area contributed by atoms with Gasteiger partial charge in [-0.25, -0.2) is 4.98 Å². The Bertz CT molecular complexity index is 1220. The molecule has 0 saturated heterocycles. The van der Waals surface area contributed by atoms with E-state index in [1.54, 1.807) is 0 Å². The number of likely N-dealkylation sites (N-methyl/N-ethyl adjacent to an activating group) is 1. The Morgan fingerprint density at radius 1 is 1.06 bits per heavy atom. The van der Waals surface area contributed by atoms with Crippen LogP contribution in [0.1, 0.15) is 19.5 Å². The Balaban J connectivity index is 1.41. The van der Waals surface area contributed by atoms with Crippen molar-refractivity contribution in [3.8, 4) is 11.5 Å². The van der Waals surface area contributed by atoms with Crippen molar-refractivity contribution in [2.45, 2.75) is 26.8 Å². The number of carbonyl (C=O) groups is 2. The molecule has 0 aliphatic rings. The molecule has 0 saturated carbocycles. The van der Waals surface area contributed by atoms with E-state index in [-0.39, 0.29) is 18.2 Å². The summed E-state index contributed by atoms with van der Waals surface area (Å²) in [5.74, 6) is 0.413. The van der Waals surface area contributed by atoms with Gasteiger partial charge in [0.2, 0.25) is 17.7 Å². The molecule has 0 unspecified atom stereocenters. The van der Waals surface area contributed by atoms with E-state index in [1.807, 2.05) is 84.1 Å². The quantitative estimate of drug-likeness (QED) is 0.451. The van der Waals surface area contributed by atoms with Crippen molar-refractivity contribution in [3.05, 3.63) is 72.8 Å². The normalized spacial score (nSPS) is 10.9. The summed E-state index contributed by atoms with van der Waals surface area (Å²) in [6, 6.07) is 17.2. The lowest BCUT2D eigenvalue weighted by atomic mass is 10.2. The molecule has 2 aromatic heterocycles. The lowest BCUT2D eigenvalue weighted by molar-refractivity contribution is -0.131. The summed E-state index contributed by atoms with van der Waals surface area (Å²) in [4.78, 5) is 31.2. The molecule has 0 atom stereocenters. The number of carbonyl (C=O) groups excluding carboxylic acids is 2. The summed E-state index contributed by atoms with van der Waals surface area (Å²) in [5, 5.41) is 3.87. The minimum absolute atomic E-state index is 0.0902. The molecule has 2 heterocycles. The predicted octanol–water partition coefficient (Wildman–Crippen LogP) is 4.35. The third-order valence-electron chi connectivity index (χ3n) is 5.39. The SMILES string of the molecule is CCN(CC)C(=O)Cn1ccc2cc(NC(=O)Cc3coc(-c4ccccc4)n3)ccc21. The van der Waals surface area contributed by atoms with Gasteiger partial charge in [0.05, 0.1) is 12.1 Å². The van der Waals surface area contributed by atoms with Crippen LogP contribution in [-0.4, -0.2) is 39.4 Å². The van der Waals surface area contributed by atoms with E-state index in [1.165, 1.54) is 6.26 Å². The fraction of sp³-hybridized carbons (Fsp3) is 0.240. The van der Waals surface area contributed by atoms with Crippen molar-refractivity contribution in [1.29, 1.82) is 0 Å². The lowest BCUT2D eigenvalue weighted by Crippen LogP contribution is -2.33. The van der Waals surface area contributed by atoms with Crippen molar-refractivity contribution < 1.29 is 14.0 Å². The summed E-state index contributed by atoms with van der Waals surface area (Å²) in [5.41, 5.74) is 3.09. The number of benzene rings is 2. The molecule has 4 rings (SSSR count). The lowest BCUT2D eigenvalue weighted by Gasteiger charge is -2.19. The highest BCUT2D eigenvalue weighted by Crippen LogP contribution is 2.22. The monoisotopic (exact) mass is 430 g/mol. The van der Waals surface area contributed by atoms with Crippen LogP contribution in [0, 0.1) is 0 Å². The summed E-state index contributed by atoms with van der Waals surface area (Å²) in [6.07, 6.45) is 3.53. The number of fused-ring (bicyclic) bond motifs is 1. The molecule has 32 heavy (non-hydrogen) atoms. The van der Waals surface area contributed by atoms with Gasteiger partial charge in [-0.05, 0) is 50.2 Å². The topological polar surface area (TPSA) is 80.4 Å². The summed E-state index contributed by atoms with van der Waals surface area (Å²) in [6.45, 7) is 5.65. The predicted molar refractivity (Wildman–Crippen MR) is 124 cm³/mol. The molecule has 164 valence electrons. The van der Waals surface area contributed by atoms with Crippen molar-refractivity contribution in [1.82, 2.24) is 14.5 Å². The zero-order valence-electron chi connectivity index (χ0n) is 18.2. The van der Waals surface area contributed by atoms with Crippen molar-refractivity contribution in [3.63, 3.8) is 0 Å². The molecule has 0 fully saturated rings. The minimum atomic E-state index is -0.173. The van der Waals surface area contributed by atoms with Crippen LogP contribution < -0.4 is 5.32 Å². The third kappa shape index (κ3) is 4.72. The van der Waals surface area contributed by atoms with Gasteiger partial charge in [-0.2, -0.15) is 0 Å². The average molecular weight is 431 g/mol. The Morgan fingerprint density at radius 3 is 2.59 bits per heavy atom. The second-order valence-corrected chi connectivity index (χ2v) is 7.52. The van der Waals surface area contributed by atoms with Crippen LogP contribution in [0.2, 0.25) is 0 Å². The van der Waals surface area contributed by atoms with E-state index >= 15 is 0 Å². The smallest absolute Gasteiger partial charge is 0.242 e. The van der Waals surface area contributed by atoms with Gasteiger partial charge < -0.3 is 19.2 Å². The minimum Gasteiger partial charge on any atom is -0.444 e. The van der Waals surface area contributed by atoms with Crippen LogP contribution in [0.5, 0.6) is 0 Å². The maximum Gasteiger partial charge on any atom is 0.242 e. The molecular formula is C25H26N4O3. The van der Waals surface area contributed by atoms with Crippen LogP contribution in [0.4, 0.5) is 5.69 Å². The number of nitrogens with one attached hydrogen (secondary N) is 1. The number of hydrogen-bond donors (Lipinski definition) is 1. The molecule has 7 heteroatoms. The van der Waals surface area contributed by atoms with Gasteiger partial charge >= 0.3 is 0 Å². The third-order valence-corrected chi connectivity index (χ3v) is 5.39. The summed E-state index contributed by atoms with van der Waals surface area (Å²) < 4.78 is 7.43. The first-order chi connectivity index (χ1) is 15.6. The van der Waals surface area contributed by atoms with E-state index < -0.39 is 0 Å². The molecule has 7 nitrogen and oxygen atoms in total. The van der Waals surface area contributed by atoms with Crippen LogP contribution in [0.15, 0.2) is 71.5 Å². The van der Waals surface area contributed by atoms with Crippen LogP contribution >= 0.6 is 0 Å². The summed E-state index contributed by atoms with van der Waals surface area (Å²) in [7, 11) is 0. The van der Waals surface area contributed by atoms with Crippen molar-refractivity contribution >= 4 is 28.4 Å². The van der Waals surface area contributed by atoms with E-state index in [9.17, 15) is 9.59 Å². The molecular weight excluding hydrogens is 404 g/mol. The van der Waals surface area contributed by atoms with E-state index in [4.69, 9.17) is 4.42 Å². The van der Waals surface area contributed by atoms with E-state index in [0.29, 0.717) is 36.9 Å². The highest BCUT2D eigenvalue weighted by Gasteiger charge is 2.13.